The zero-order valence-corrected chi connectivity index (χ0v) is 12.3. The van der Waals surface area contributed by atoms with Gasteiger partial charge in [-0.3, -0.25) is 0 Å². The fourth-order valence-electron chi connectivity index (χ4n) is 1.38. The first-order chi connectivity index (χ1) is 7.76. The fourth-order valence-corrected chi connectivity index (χ4v) is 2.57. The Morgan fingerprint density at radius 1 is 1.25 bits per heavy atom. The first-order valence-electron chi connectivity index (χ1n) is 5.59. The lowest BCUT2D eigenvalue weighted by molar-refractivity contribution is 0.282. The molecule has 0 saturated heterocycles. The van der Waals surface area contributed by atoms with Gasteiger partial charge in [0.25, 0.3) is 0 Å². The van der Waals surface area contributed by atoms with E-state index < -0.39 is 0 Å². The second-order valence-corrected chi connectivity index (χ2v) is 5.57. The molecule has 1 rings (SSSR count). The number of halogens is 1. The van der Waals surface area contributed by atoms with Crippen LogP contribution in [0.4, 0.5) is 0 Å². The molecule has 1 nitrogen and oxygen atoms in total. The van der Waals surface area contributed by atoms with Crippen LogP contribution in [0.15, 0.2) is 29.2 Å². The normalized spacial score (nSPS) is 12.4. The number of hydrogen-bond donors (Lipinski definition) is 0. The Balaban J connectivity index is 2.26. The van der Waals surface area contributed by atoms with E-state index in [-0.39, 0.29) is 0 Å². The van der Waals surface area contributed by atoms with Gasteiger partial charge in [0, 0.05) is 10.2 Å². The molecule has 16 heavy (non-hydrogen) atoms. The van der Waals surface area contributed by atoms with Gasteiger partial charge in [0.15, 0.2) is 0 Å². The highest BCUT2D eigenvalue weighted by molar-refractivity contribution is 9.09. The summed E-state index contributed by atoms with van der Waals surface area (Å²) >= 11 is 5.21. The van der Waals surface area contributed by atoms with Crippen molar-refractivity contribution in [3.8, 4) is 5.75 Å². The minimum absolute atomic E-state index is 0.727. The number of hydrogen-bond acceptors (Lipinski definition) is 2. The minimum Gasteiger partial charge on any atom is -0.494 e. The molecular formula is C13H19BrOS. The van der Waals surface area contributed by atoms with E-state index in [0.717, 1.165) is 30.0 Å². The summed E-state index contributed by atoms with van der Waals surface area (Å²) in [6, 6.07) is 8.28. The highest BCUT2D eigenvalue weighted by Gasteiger charge is 2.01. The van der Waals surface area contributed by atoms with Crippen molar-refractivity contribution in [3.05, 3.63) is 24.3 Å². The first-order valence-corrected chi connectivity index (χ1v) is 7.93. The standard InChI is InChI=1S/C13H19BrOS/c1-11(7-9-14)8-10-15-12-3-5-13(16-2)6-4-12/h3-6,11H,7-10H2,1-2H3. The maximum absolute atomic E-state index is 5.70. The molecule has 0 aromatic heterocycles. The van der Waals surface area contributed by atoms with Crippen LogP contribution in [0.2, 0.25) is 0 Å². The van der Waals surface area contributed by atoms with Crippen LogP contribution < -0.4 is 4.74 Å². The van der Waals surface area contributed by atoms with Crippen molar-refractivity contribution in [2.45, 2.75) is 24.7 Å². The van der Waals surface area contributed by atoms with Gasteiger partial charge in [0.05, 0.1) is 6.61 Å². The number of rotatable bonds is 7. The summed E-state index contributed by atoms with van der Waals surface area (Å²) < 4.78 is 5.70. The quantitative estimate of drug-likeness (QED) is 0.538. The molecule has 1 unspecified atom stereocenters. The van der Waals surface area contributed by atoms with E-state index in [4.69, 9.17) is 4.74 Å². The van der Waals surface area contributed by atoms with Crippen molar-refractivity contribution in [2.75, 3.05) is 18.2 Å². The molecular weight excluding hydrogens is 284 g/mol. The van der Waals surface area contributed by atoms with E-state index in [1.165, 1.54) is 11.3 Å². The monoisotopic (exact) mass is 302 g/mol. The zero-order valence-electron chi connectivity index (χ0n) is 9.91. The van der Waals surface area contributed by atoms with Crippen molar-refractivity contribution in [2.24, 2.45) is 5.92 Å². The first kappa shape index (κ1) is 13.9. The molecule has 1 aromatic carbocycles. The van der Waals surface area contributed by atoms with E-state index in [2.05, 4.69) is 41.2 Å². The molecule has 0 aliphatic heterocycles. The molecule has 0 radical (unpaired) electrons. The lowest BCUT2D eigenvalue weighted by atomic mass is 10.1. The molecule has 0 spiro atoms. The molecule has 1 aromatic rings. The van der Waals surface area contributed by atoms with E-state index >= 15 is 0 Å². The summed E-state index contributed by atoms with van der Waals surface area (Å²) in [6.07, 6.45) is 4.42. The Morgan fingerprint density at radius 3 is 2.50 bits per heavy atom. The van der Waals surface area contributed by atoms with Gasteiger partial charge in [-0.1, -0.05) is 22.9 Å². The second-order valence-electron chi connectivity index (χ2n) is 3.90. The second kappa shape index (κ2) is 8.02. The van der Waals surface area contributed by atoms with Crippen LogP contribution in [0.1, 0.15) is 19.8 Å². The van der Waals surface area contributed by atoms with Crippen molar-refractivity contribution in [1.29, 1.82) is 0 Å². The Bertz CT molecular complexity index is 286. The molecule has 90 valence electrons. The summed E-state index contributed by atoms with van der Waals surface area (Å²) in [5.41, 5.74) is 0. The largest absolute Gasteiger partial charge is 0.494 e. The van der Waals surface area contributed by atoms with Gasteiger partial charge >= 0.3 is 0 Å². The van der Waals surface area contributed by atoms with E-state index in [9.17, 15) is 0 Å². The average molecular weight is 303 g/mol. The molecule has 0 bridgehead atoms. The minimum atomic E-state index is 0.727. The summed E-state index contributed by atoms with van der Waals surface area (Å²) in [4.78, 5) is 1.28. The summed E-state index contributed by atoms with van der Waals surface area (Å²) in [5, 5.41) is 1.08. The van der Waals surface area contributed by atoms with Gasteiger partial charge in [-0.15, -0.1) is 11.8 Å². The van der Waals surface area contributed by atoms with Crippen molar-refractivity contribution in [1.82, 2.24) is 0 Å². The summed E-state index contributed by atoms with van der Waals surface area (Å²) in [6.45, 7) is 3.08. The van der Waals surface area contributed by atoms with Gasteiger partial charge in [0.2, 0.25) is 0 Å². The van der Waals surface area contributed by atoms with Crippen molar-refractivity contribution in [3.63, 3.8) is 0 Å². The third-order valence-electron chi connectivity index (χ3n) is 2.54. The Kier molecular flexibility index (Phi) is 6.97. The predicted molar refractivity (Wildman–Crippen MR) is 75.9 cm³/mol. The van der Waals surface area contributed by atoms with Gasteiger partial charge in [0.1, 0.15) is 5.75 Å². The van der Waals surface area contributed by atoms with Gasteiger partial charge < -0.3 is 4.74 Å². The van der Waals surface area contributed by atoms with E-state index in [0.29, 0.717) is 0 Å². The Labute approximate surface area is 111 Å². The maximum atomic E-state index is 5.70. The van der Waals surface area contributed by atoms with Crippen LogP contribution in [0, 0.1) is 5.92 Å². The van der Waals surface area contributed by atoms with E-state index in [1.807, 2.05) is 12.1 Å². The smallest absolute Gasteiger partial charge is 0.119 e. The highest BCUT2D eigenvalue weighted by Crippen LogP contribution is 2.19. The van der Waals surface area contributed by atoms with Gasteiger partial charge in [-0.05, 0) is 49.3 Å². The lowest BCUT2D eigenvalue weighted by Gasteiger charge is -2.11. The predicted octanol–water partition coefficient (Wildman–Crippen LogP) is 4.60. The van der Waals surface area contributed by atoms with Crippen LogP contribution in [0.3, 0.4) is 0 Å². The van der Waals surface area contributed by atoms with Crippen LogP contribution in [0.25, 0.3) is 0 Å². The lowest BCUT2D eigenvalue weighted by Crippen LogP contribution is -2.04. The van der Waals surface area contributed by atoms with Gasteiger partial charge in [-0.25, -0.2) is 0 Å². The Morgan fingerprint density at radius 2 is 1.94 bits per heavy atom. The highest BCUT2D eigenvalue weighted by atomic mass is 79.9. The number of thioether (sulfide) groups is 1. The van der Waals surface area contributed by atoms with Crippen LogP contribution >= 0.6 is 27.7 Å². The average Bonchev–Trinajstić information content (AvgIpc) is 2.30. The number of alkyl halides is 1. The molecule has 3 heteroatoms. The molecule has 0 saturated carbocycles. The Hall–Kier alpha value is -0.150. The fraction of sp³-hybridized carbons (Fsp3) is 0.538. The maximum Gasteiger partial charge on any atom is 0.119 e. The number of benzene rings is 1. The molecule has 0 aliphatic rings. The third-order valence-corrected chi connectivity index (χ3v) is 3.74. The van der Waals surface area contributed by atoms with E-state index in [1.54, 1.807) is 11.8 Å². The molecule has 0 amide bonds. The molecule has 0 aliphatic carbocycles. The third kappa shape index (κ3) is 5.26. The molecule has 0 heterocycles. The van der Waals surface area contributed by atoms with Crippen LogP contribution in [0.5, 0.6) is 5.75 Å². The van der Waals surface area contributed by atoms with Crippen molar-refractivity contribution < 1.29 is 4.74 Å². The zero-order chi connectivity index (χ0) is 11.8. The molecule has 1 atom stereocenters. The van der Waals surface area contributed by atoms with Crippen molar-refractivity contribution >= 4 is 27.7 Å². The summed E-state index contributed by atoms with van der Waals surface area (Å²) in [7, 11) is 0. The number of ether oxygens (including phenoxy) is 1. The topological polar surface area (TPSA) is 9.23 Å². The molecule has 0 fully saturated rings. The van der Waals surface area contributed by atoms with Crippen LogP contribution in [-0.2, 0) is 0 Å². The molecule has 0 N–H and O–H groups in total. The van der Waals surface area contributed by atoms with Gasteiger partial charge in [-0.2, -0.15) is 0 Å². The van der Waals surface area contributed by atoms with Crippen LogP contribution in [-0.4, -0.2) is 18.2 Å². The SMILES string of the molecule is CSc1ccc(OCCC(C)CCBr)cc1. The summed E-state index contributed by atoms with van der Waals surface area (Å²) in [5.74, 6) is 1.70.